The van der Waals surface area contributed by atoms with Crippen molar-refractivity contribution >= 4 is 0 Å². The molecule has 3 nitrogen and oxygen atoms in total. The molecule has 0 saturated heterocycles. The van der Waals surface area contributed by atoms with Gasteiger partial charge >= 0.3 is 0 Å². The molecule has 0 amide bonds. The number of benzene rings is 1. The summed E-state index contributed by atoms with van der Waals surface area (Å²) in [5.74, 6) is 1.67. The van der Waals surface area contributed by atoms with Crippen LogP contribution >= 0.6 is 0 Å². The first-order chi connectivity index (χ1) is 8.69. The lowest BCUT2D eigenvalue weighted by Crippen LogP contribution is -2.36. The molecule has 1 aromatic rings. The van der Waals surface area contributed by atoms with Gasteiger partial charge in [0.2, 0.25) is 0 Å². The number of ether oxygens (including phenoxy) is 2. The maximum Gasteiger partial charge on any atom is 0.161 e. The van der Waals surface area contributed by atoms with Gasteiger partial charge in [0, 0.05) is 5.54 Å². The lowest BCUT2D eigenvalue weighted by Gasteiger charge is -2.31. The van der Waals surface area contributed by atoms with E-state index in [1.54, 1.807) is 0 Å². The third-order valence-electron chi connectivity index (χ3n) is 3.51. The summed E-state index contributed by atoms with van der Waals surface area (Å²) in [4.78, 5) is 0. The second-order valence-electron chi connectivity index (χ2n) is 5.01. The normalized spacial score (nSPS) is 14.6. The predicted molar refractivity (Wildman–Crippen MR) is 73.1 cm³/mol. The zero-order valence-electron chi connectivity index (χ0n) is 11.4. The van der Waals surface area contributed by atoms with Gasteiger partial charge in [-0.1, -0.05) is 32.8 Å². The molecule has 0 unspecified atom stereocenters. The van der Waals surface area contributed by atoms with Gasteiger partial charge in [-0.2, -0.15) is 0 Å². The summed E-state index contributed by atoms with van der Waals surface area (Å²) in [5.41, 5.74) is 7.50. The van der Waals surface area contributed by atoms with Gasteiger partial charge in [0.25, 0.3) is 0 Å². The van der Waals surface area contributed by atoms with Gasteiger partial charge in [0.1, 0.15) is 13.2 Å². The van der Waals surface area contributed by atoms with Crippen molar-refractivity contribution in [3.63, 3.8) is 0 Å². The molecule has 0 aliphatic carbocycles. The fourth-order valence-electron chi connectivity index (χ4n) is 2.66. The molecular formula is C15H23NO2. The van der Waals surface area contributed by atoms with E-state index < -0.39 is 0 Å². The highest BCUT2D eigenvalue weighted by molar-refractivity contribution is 5.45. The van der Waals surface area contributed by atoms with E-state index in [1.165, 1.54) is 0 Å². The Balaban J connectivity index is 2.30. The van der Waals surface area contributed by atoms with Crippen LogP contribution < -0.4 is 15.2 Å². The van der Waals surface area contributed by atoms with E-state index in [0.29, 0.717) is 13.2 Å². The first kappa shape index (κ1) is 13.2. The minimum atomic E-state index is -0.237. The van der Waals surface area contributed by atoms with E-state index in [1.807, 2.05) is 6.07 Å². The maximum atomic E-state index is 6.58. The zero-order chi connectivity index (χ0) is 13.0. The predicted octanol–water partition coefficient (Wildman–Crippen LogP) is 3.21. The summed E-state index contributed by atoms with van der Waals surface area (Å²) in [6.07, 6.45) is 4.18. The molecule has 0 radical (unpaired) electrons. The van der Waals surface area contributed by atoms with E-state index in [9.17, 15) is 0 Å². The van der Waals surface area contributed by atoms with Crippen LogP contribution in [0.2, 0.25) is 0 Å². The van der Waals surface area contributed by atoms with Crippen LogP contribution in [0, 0.1) is 0 Å². The summed E-state index contributed by atoms with van der Waals surface area (Å²) in [5, 5.41) is 0. The average Bonchev–Trinajstić information content (AvgIpc) is 2.39. The van der Waals surface area contributed by atoms with Crippen LogP contribution in [0.1, 0.15) is 45.1 Å². The lowest BCUT2D eigenvalue weighted by molar-refractivity contribution is 0.171. The van der Waals surface area contributed by atoms with E-state index in [-0.39, 0.29) is 5.54 Å². The summed E-state index contributed by atoms with van der Waals surface area (Å²) in [6.45, 7) is 5.60. The Labute approximate surface area is 109 Å². The van der Waals surface area contributed by atoms with E-state index in [4.69, 9.17) is 15.2 Å². The van der Waals surface area contributed by atoms with E-state index in [0.717, 1.165) is 42.7 Å². The number of hydrogen-bond donors (Lipinski definition) is 1. The standard InChI is InChI=1S/C15H23NO2/c1-3-7-15(16,8-4-2)12-5-6-13-14(11-12)18-10-9-17-13/h5-6,11H,3-4,7-10,16H2,1-2H3. The van der Waals surface area contributed by atoms with Gasteiger partial charge in [-0.15, -0.1) is 0 Å². The van der Waals surface area contributed by atoms with Crippen molar-refractivity contribution in [3.8, 4) is 11.5 Å². The Bertz CT molecular complexity index is 397. The van der Waals surface area contributed by atoms with Gasteiger partial charge in [-0.25, -0.2) is 0 Å². The van der Waals surface area contributed by atoms with Gasteiger partial charge in [0.15, 0.2) is 11.5 Å². The molecule has 1 aromatic carbocycles. The Hall–Kier alpha value is -1.22. The average molecular weight is 249 g/mol. The Morgan fingerprint density at radius 1 is 1.06 bits per heavy atom. The minimum absolute atomic E-state index is 0.237. The van der Waals surface area contributed by atoms with E-state index >= 15 is 0 Å². The maximum absolute atomic E-state index is 6.58. The Morgan fingerprint density at radius 2 is 1.67 bits per heavy atom. The monoisotopic (exact) mass is 249 g/mol. The highest BCUT2D eigenvalue weighted by atomic mass is 16.6. The Morgan fingerprint density at radius 3 is 2.28 bits per heavy atom. The molecule has 1 aliphatic heterocycles. The fourth-order valence-corrected chi connectivity index (χ4v) is 2.66. The van der Waals surface area contributed by atoms with Crippen molar-refractivity contribution in [2.45, 2.75) is 45.1 Å². The first-order valence-electron chi connectivity index (χ1n) is 6.88. The zero-order valence-corrected chi connectivity index (χ0v) is 11.4. The van der Waals surface area contributed by atoms with Crippen molar-refractivity contribution in [1.82, 2.24) is 0 Å². The van der Waals surface area contributed by atoms with Crippen LogP contribution in [0.4, 0.5) is 0 Å². The van der Waals surface area contributed by atoms with Crippen molar-refractivity contribution in [1.29, 1.82) is 0 Å². The second-order valence-corrected chi connectivity index (χ2v) is 5.01. The molecule has 0 saturated carbocycles. The van der Waals surface area contributed by atoms with E-state index in [2.05, 4.69) is 26.0 Å². The molecular weight excluding hydrogens is 226 g/mol. The first-order valence-corrected chi connectivity index (χ1v) is 6.88. The molecule has 1 heterocycles. The van der Waals surface area contributed by atoms with Gasteiger partial charge in [-0.05, 0) is 30.5 Å². The summed E-state index contributed by atoms with van der Waals surface area (Å²) >= 11 is 0. The molecule has 3 heteroatoms. The highest BCUT2D eigenvalue weighted by Gasteiger charge is 2.27. The molecule has 100 valence electrons. The summed E-state index contributed by atoms with van der Waals surface area (Å²) in [7, 11) is 0. The van der Waals surface area contributed by atoms with Crippen LogP contribution in [-0.4, -0.2) is 13.2 Å². The quantitative estimate of drug-likeness (QED) is 0.871. The van der Waals surface area contributed by atoms with Crippen LogP contribution in [0.5, 0.6) is 11.5 Å². The van der Waals surface area contributed by atoms with Crippen LogP contribution in [0.3, 0.4) is 0 Å². The molecule has 18 heavy (non-hydrogen) atoms. The number of hydrogen-bond acceptors (Lipinski definition) is 3. The van der Waals surface area contributed by atoms with Crippen LogP contribution in [0.25, 0.3) is 0 Å². The van der Waals surface area contributed by atoms with Gasteiger partial charge in [-0.3, -0.25) is 0 Å². The fraction of sp³-hybridized carbons (Fsp3) is 0.600. The van der Waals surface area contributed by atoms with Crippen molar-refractivity contribution in [3.05, 3.63) is 23.8 Å². The molecule has 0 aromatic heterocycles. The summed E-state index contributed by atoms with van der Waals surface area (Å²) < 4.78 is 11.2. The van der Waals surface area contributed by atoms with Crippen LogP contribution in [-0.2, 0) is 5.54 Å². The molecule has 2 rings (SSSR count). The van der Waals surface area contributed by atoms with Crippen molar-refractivity contribution in [2.75, 3.05) is 13.2 Å². The van der Waals surface area contributed by atoms with Crippen LogP contribution in [0.15, 0.2) is 18.2 Å². The molecule has 1 aliphatic rings. The highest BCUT2D eigenvalue weighted by Crippen LogP contribution is 2.36. The molecule has 2 N–H and O–H groups in total. The number of fused-ring (bicyclic) bond motifs is 1. The molecule has 0 atom stereocenters. The van der Waals surface area contributed by atoms with Gasteiger partial charge < -0.3 is 15.2 Å². The second kappa shape index (κ2) is 5.61. The topological polar surface area (TPSA) is 44.5 Å². The minimum Gasteiger partial charge on any atom is -0.486 e. The molecule has 0 fully saturated rings. The Kier molecular flexibility index (Phi) is 4.12. The molecule has 0 bridgehead atoms. The van der Waals surface area contributed by atoms with Crippen molar-refractivity contribution in [2.24, 2.45) is 5.73 Å². The molecule has 0 spiro atoms. The van der Waals surface area contributed by atoms with Gasteiger partial charge in [0.05, 0.1) is 0 Å². The smallest absolute Gasteiger partial charge is 0.161 e. The third-order valence-corrected chi connectivity index (χ3v) is 3.51. The summed E-state index contributed by atoms with van der Waals surface area (Å²) in [6, 6.07) is 6.12. The van der Waals surface area contributed by atoms with Crippen molar-refractivity contribution < 1.29 is 9.47 Å². The number of nitrogens with two attached hydrogens (primary N) is 1. The largest absolute Gasteiger partial charge is 0.486 e. The lowest BCUT2D eigenvalue weighted by atomic mass is 9.82. The SMILES string of the molecule is CCCC(N)(CCC)c1ccc2c(c1)OCCO2. The number of rotatable bonds is 5. The third kappa shape index (κ3) is 2.61.